The van der Waals surface area contributed by atoms with Crippen LogP contribution in [0.15, 0.2) is 30.3 Å². The third-order valence-corrected chi connectivity index (χ3v) is 6.71. The van der Waals surface area contributed by atoms with Crippen LogP contribution in [0, 0.1) is 0 Å². The van der Waals surface area contributed by atoms with Gasteiger partial charge in [-0.15, -0.1) is 0 Å². The van der Waals surface area contributed by atoms with E-state index in [2.05, 4.69) is 0 Å². The molecule has 2 rings (SSSR count). The molecule has 1 fully saturated rings. The van der Waals surface area contributed by atoms with Gasteiger partial charge in [-0.2, -0.15) is 0 Å². The van der Waals surface area contributed by atoms with Crippen molar-refractivity contribution in [1.82, 2.24) is 3.92 Å². The molecule has 1 aliphatic rings. The summed E-state index contributed by atoms with van der Waals surface area (Å²) in [6, 6.07) is 8.78. The molecule has 0 N–H and O–H groups in total. The Bertz CT molecular complexity index is 407. The molecule has 0 amide bonds. The van der Waals surface area contributed by atoms with Crippen LogP contribution in [-0.4, -0.2) is 29.9 Å². The Labute approximate surface area is 91.9 Å². The second kappa shape index (κ2) is 4.43. The van der Waals surface area contributed by atoms with Gasteiger partial charge in [0.15, 0.2) is 0 Å². The number of piperidine rings is 1. The molecule has 15 heavy (non-hydrogen) atoms. The van der Waals surface area contributed by atoms with E-state index in [9.17, 15) is 7.67 Å². The van der Waals surface area contributed by atoms with Crippen LogP contribution in [0.3, 0.4) is 0 Å². The second-order valence-corrected chi connectivity index (χ2v) is 7.84. The van der Waals surface area contributed by atoms with Crippen molar-refractivity contribution in [2.45, 2.75) is 19.3 Å². The standard InChI is InChI=1S/C11H15NO2Se/c13-15(14,11-7-3-1-4-8-11)12-9-5-2-6-10-12/h1,3-4,7-8H,2,5-6,9-10H2. The van der Waals surface area contributed by atoms with Crippen molar-refractivity contribution in [2.24, 2.45) is 0 Å². The molecule has 4 heteroatoms. The zero-order valence-electron chi connectivity index (χ0n) is 8.59. The quantitative estimate of drug-likeness (QED) is 0.759. The van der Waals surface area contributed by atoms with E-state index in [4.69, 9.17) is 0 Å². The van der Waals surface area contributed by atoms with Gasteiger partial charge in [-0.1, -0.05) is 0 Å². The van der Waals surface area contributed by atoms with E-state index < -0.39 is 12.9 Å². The van der Waals surface area contributed by atoms with Crippen LogP contribution in [0.2, 0.25) is 0 Å². The minimum atomic E-state index is -4.04. The van der Waals surface area contributed by atoms with Gasteiger partial charge in [0, 0.05) is 0 Å². The number of rotatable bonds is 2. The van der Waals surface area contributed by atoms with Gasteiger partial charge in [-0.25, -0.2) is 0 Å². The molecule has 1 aromatic rings. The molecule has 0 spiro atoms. The average molecular weight is 272 g/mol. The molecule has 0 aliphatic carbocycles. The Morgan fingerprint density at radius 2 is 1.53 bits per heavy atom. The molecule has 1 aliphatic heterocycles. The van der Waals surface area contributed by atoms with Gasteiger partial charge < -0.3 is 0 Å². The molecular formula is C11H15NO2Se. The normalized spacial score (nSPS) is 18.9. The summed E-state index contributed by atoms with van der Waals surface area (Å²) >= 11 is -4.04. The van der Waals surface area contributed by atoms with Gasteiger partial charge in [0.1, 0.15) is 0 Å². The summed E-state index contributed by atoms with van der Waals surface area (Å²) in [5, 5.41) is 0. The first-order valence-electron chi connectivity index (χ1n) is 5.26. The Balaban J connectivity index is 2.26. The molecule has 1 aromatic carbocycles. The van der Waals surface area contributed by atoms with Gasteiger partial charge in [0.25, 0.3) is 0 Å². The van der Waals surface area contributed by atoms with E-state index in [1.165, 1.54) is 0 Å². The van der Waals surface area contributed by atoms with Crippen LogP contribution in [-0.2, 0) is 7.67 Å². The Morgan fingerprint density at radius 3 is 2.13 bits per heavy atom. The zero-order valence-corrected chi connectivity index (χ0v) is 10.3. The molecule has 0 radical (unpaired) electrons. The van der Waals surface area contributed by atoms with Crippen molar-refractivity contribution in [3.63, 3.8) is 0 Å². The average Bonchev–Trinajstić information content (AvgIpc) is 2.31. The van der Waals surface area contributed by atoms with Crippen molar-refractivity contribution in [3.8, 4) is 0 Å². The summed E-state index contributed by atoms with van der Waals surface area (Å²) in [7, 11) is 0. The summed E-state index contributed by atoms with van der Waals surface area (Å²) in [5.74, 6) is 0. The van der Waals surface area contributed by atoms with Crippen molar-refractivity contribution in [3.05, 3.63) is 30.3 Å². The minimum absolute atomic E-state index is 0.482. The van der Waals surface area contributed by atoms with Crippen LogP contribution in [0.5, 0.6) is 0 Å². The van der Waals surface area contributed by atoms with Crippen molar-refractivity contribution in [1.29, 1.82) is 0 Å². The summed E-state index contributed by atoms with van der Waals surface area (Å²) in [6.07, 6.45) is 3.14. The molecule has 82 valence electrons. The summed E-state index contributed by atoms with van der Waals surface area (Å²) in [5.41, 5.74) is 0. The summed E-state index contributed by atoms with van der Waals surface area (Å²) < 4.78 is 26.5. The second-order valence-electron chi connectivity index (χ2n) is 3.78. The van der Waals surface area contributed by atoms with Gasteiger partial charge in [0.05, 0.1) is 0 Å². The summed E-state index contributed by atoms with van der Waals surface area (Å²) in [4.78, 5) is 0. The predicted molar refractivity (Wildman–Crippen MR) is 58.6 cm³/mol. The van der Waals surface area contributed by atoms with Crippen molar-refractivity contribution < 1.29 is 7.67 Å². The van der Waals surface area contributed by atoms with E-state index in [-0.39, 0.29) is 0 Å². The SMILES string of the molecule is O=[Se](=O)(c1ccccc1)N1CCCCC1. The van der Waals surface area contributed by atoms with Gasteiger partial charge in [-0.3, -0.25) is 0 Å². The predicted octanol–water partition coefficient (Wildman–Crippen LogP) is 1.18. The molecule has 0 atom stereocenters. The van der Waals surface area contributed by atoms with E-state index in [0.29, 0.717) is 17.6 Å². The third kappa shape index (κ3) is 2.28. The maximum absolute atomic E-state index is 12.2. The first kappa shape index (κ1) is 10.8. The fourth-order valence-corrected chi connectivity index (χ4v) is 5.07. The van der Waals surface area contributed by atoms with E-state index >= 15 is 0 Å². The maximum atomic E-state index is 12.2. The fourth-order valence-electron chi connectivity index (χ4n) is 1.85. The van der Waals surface area contributed by atoms with Crippen LogP contribution >= 0.6 is 0 Å². The van der Waals surface area contributed by atoms with Crippen LogP contribution in [0.25, 0.3) is 0 Å². The van der Waals surface area contributed by atoms with Crippen molar-refractivity contribution in [2.75, 3.05) is 13.1 Å². The van der Waals surface area contributed by atoms with E-state index in [1.54, 1.807) is 28.2 Å². The molecular weight excluding hydrogens is 257 g/mol. The number of hydrogen-bond acceptors (Lipinski definition) is 2. The number of benzene rings is 1. The fraction of sp³-hybridized carbons (Fsp3) is 0.455. The third-order valence-electron chi connectivity index (χ3n) is 2.70. The zero-order chi connectivity index (χ0) is 10.7. The van der Waals surface area contributed by atoms with Gasteiger partial charge >= 0.3 is 91.7 Å². The Kier molecular flexibility index (Phi) is 3.19. The van der Waals surface area contributed by atoms with Gasteiger partial charge in [0.2, 0.25) is 0 Å². The topological polar surface area (TPSA) is 37.4 Å². The first-order valence-corrected chi connectivity index (χ1v) is 8.28. The van der Waals surface area contributed by atoms with E-state index in [1.807, 2.05) is 6.07 Å². The molecule has 0 saturated carbocycles. The van der Waals surface area contributed by atoms with Crippen LogP contribution < -0.4 is 4.46 Å². The number of hydrogen-bond donors (Lipinski definition) is 0. The van der Waals surface area contributed by atoms with Crippen LogP contribution in [0.1, 0.15) is 19.3 Å². The summed E-state index contributed by atoms with van der Waals surface area (Å²) in [6.45, 7) is 1.39. The first-order chi connectivity index (χ1) is 7.21. The Morgan fingerprint density at radius 1 is 0.933 bits per heavy atom. The molecule has 0 bridgehead atoms. The number of nitrogens with zero attached hydrogens (tertiary/aromatic N) is 1. The molecule has 0 unspecified atom stereocenters. The molecule has 1 saturated heterocycles. The molecule has 1 heterocycles. The van der Waals surface area contributed by atoms with E-state index in [0.717, 1.165) is 19.3 Å². The van der Waals surface area contributed by atoms with Crippen LogP contribution in [0.4, 0.5) is 0 Å². The molecule has 3 nitrogen and oxygen atoms in total. The molecule has 0 aromatic heterocycles. The van der Waals surface area contributed by atoms with Gasteiger partial charge in [-0.05, 0) is 0 Å². The Hall–Kier alpha value is -0.701. The monoisotopic (exact) mass is 273 g/mol. The van der Waals surface area contributed by atoms with Crippen molar-refractivity contribution >= 4 is 17.4 Å².